The molecule has 2 aromatic carbocycles. The molecule has 6 heteroatoms. The molecule has 2 heterocycles. The van der Waals surface area contributed by atoms with Crippen LogP contribution in [0.1, 0.15) is 37.1 Å². The molecule has 27 heavy (non-hydrogen) atoms. The van der Waals surface area contributed by atoms with Gasteiger partial charge in [0.05, 0.1) is 18.4 Å². The average Bonchev–Trinajstić information content (AvgIpc) is 3.19. The summed E-state index contributed by atoms with van der Waals surface area (Å²) in [4.78, 5) is 33.6. The molecule has 6 nitrogen and oxygen atoms in total. The summed E-state index contributed by atoms with van der Waals surface area (Å²) in [6, 6.07) is 18.6. The van der Waals surface area contributed by atoms with Crippen LogP contribution in [0.5, 0.6) is 0 Å². The number of aromatic nitrogens is 4. The molecule has 0 aliphatic carbocycles. The summed E-state index contributed by atoms with van der Waals surface area (Å²) in [6.45, 7) is 3.80. The van der Waals surface area contributed by atoms with Gasteiger partial charge < -0.3 is 4.98 Å². The van der Waals surface area contributed by atoms with E-state index in [-0.39, 0.29) is 17.3 Å². The zero-order chi connectivity index (χ0) is 19.0. The fourth-order valence-electron chi connectivity index (χ4n) is 3.49. The van der Waals surface area contributed by atoms with Crippen molar-refractivity contribution in [3.8, 4) is 0 Å². The molecule has 0 amide bonds. The predicted octanol–water partition coefficient (Wildman–Crippen LogP) is 3.10. The lowest BCUT2D eigenvalue weighted by atomic mass is 10.1. The van der Waals surface area contributed by atoms with Gasteiger partial charge in [0.2, 0.25) is 0 Å². The summed E-state index contributed by atoms with van der Waals surface area (Å²) in [5, 5.41) is 0. The van der Waals surface area contributed by atoms with Crippen molar-refractivity contribution in [1.29, 1.82) is 0 Å². The van der Waals surface area contributed by atoms with Crippen molar-refractivity contribution in [2.75, 3.05) is 0 Å². The maximum atomic E-state index is 13.4. The van der Waals surface area contributed by atoms with Crippen LogP contribution >= 0.6 is 0 Å². The molecule has 2 unspecified atom stereocenters. The van der Waals surface area contributed by atoms with E-state index in [1.54, 1.807) is 4.57 Å². The molecule has 2 aromatic heterocycles. The number of hydrogen-bond acceptors (Lipinski definition) is 3. The smallest absolute Gasteiger partial charge is 0.333 e. The number of aromatic amines is 1. The summed E-state index contributed by atoms with van der Waals surface area (Å²) in [6.07, 6.45) is 1.46. The van der Waals surface area contributed by atoms with Gasteiger partial charge in [-0.05, 0) is 25.0 Å². The number of imidazole rings is 1. The van der Waals surface area contributed by atoms with Gasteiger partial charge in [-0.3, -0.25) is 13.9 Å². The highest BCUT2D eigenvalue weighted by atomic mass is 16.2. The first kappa shape index (κ1) is 17.0. The normalized spacial score (nSPS) is 13.6. The van der Waals surface area contributed by atoms with Crippen LogP contribution in [0.15, 0.2) is 76.6 Å². The number of fused-ring (bicyclic) bond motifs is 1. The summed E-state index contributed by atoms with van der Waals surface area (Å²) >= 11 is 0. The molecule has 4 aromatic rings. The highest BCUT2D eigenvalue weighted by Crippen LogP contribution is 2.20. The number of nitrogens with zero attached hydrogens (tertiary/aromatic N) is 3. The maximum absolute atomic E-state index is 13.4. The van der Waals surface area contributed by atoms with Gasteiger partial charge in [-0.15, -0.1) is 0 Å². The summed E-state index contributed by atoms with van der Waals surface area (Å²) in [5.74, 6) is 0. The molecule has 1 N–H and O–H groups in total. The number of nitrogens with one attached hydrogen (secondary N) is 1. The third-order valence-electron chi connectivity index (χ3n) is 5.03. The minimum Gasteiger partial charge on any atom is -0.339 e. The van der Waals surface area contributed by atoms with Crippen molar-refractivity contribution >= 4 is 11.2 Å². The van der Waals surface area contributed by atoms with E-state index in [0.29, 0.717) is 11.2 Å². The van der Waals surface area contributed by atoms with Gasteiger partial charge in [0.25, 0.3) is 5.56 Å². The second-order valence-electron chi connectivity index (χ2n) is 6.60. The van der Waals surface area contributed by atoms with E-state index >= 15 is 0 Å². The van der Waals surface area contributed by atoms with Gasteiger partial charge in [0.1, 0.15) is 5.52 Å². The Labute approximate surface area is 155 Å². The number of rotatable bonds is 4. The van der Waals surface area contributed by atoms with E-state index in [1.165, 1.54) is 10.9 Å². The Morgan fingerprint density at radius 2 is 1.33 bits per heavy atom. The fraction of sp³-hybridized carbons (Fsp3) is 0.190. The third-order valence-corrected chi connectivity index (χ3v) is 5.03. The van der Waals surface area contributed by atoms with Crippen molar-refractivity contribution in [2.24, 2.45) is 0 Å². The fourth-order valence-corrected chi connectivity index (χ4v) is 3.49. The van der Waals surface area contributed by atoms with E-state index in [4.69, 9.17) is 0 Å². The highest BCUT2D eigenvalue weighted by Gasteiger charge is 2.23. The van der Waals surface area contributed by atoms with Gasteiger partial charge in [-0.1, -0.05) is 60.7 Å². The van der Waals surface area contributed by atoms with Gasteiger partial charge in [-0.2, -0.15) is 0 Å². The molecule has 2 atom stereocenters. The van der Waals surface area contributed by atoms with Crippen LogP contribution in [0, 0.1) is 0 Å². The van der Waals surface area contributed by atoms with Crippen LogP contribution in [0.4, 0.5) is 0 Å². The highest BCUT2D eigenvalue weighted by molar-refractivity contribution is 5.69. The van der Waals surface area contributed by atoms with Gasteiger partial charge in [-0.25, -0.2) is 9.78 Å². The molecule has 0 aliphatic heterocycles. The Balaban J connectivity index is 1.99. The summed E-state index contributed by atoms with van der Waals surface area (Å²) < 4.78 is 2.89. The Bertz CT molecular complexity index is 1190. The van der Waals surface area contributed by atoms with Crippen LogP contribution in [-0.2, 0) is 0 Å². The zero-order valence-corrected chi connectivity index (χ0v) is 15.2. The van der Waals surface area contributed by atoms with Crippen molar-refractivity contribution in [3.63, 3.8) is 0 Å². The van der Waals surface area contributed by atoms with Gasteiger partial charge in [0.15, 0.2) is 5.65 Å². The van der Waals surface area contributed by atoms with Crippen LogP contribution in [-0.4, -0.2) is 19.1 Å². The molecule has 0 fully saturated rings. The topological polar surface area (TPSA) is 72.7 Å². The molecule has 4 rings (SSSR count). The first-order valence-corrected chi connectivity index (χ1v) is 8.89. The molecule has 136 valence electrons. The van der Waals surface area contributed by atoms with Gasteiger partial charge in [0, 0.05) is 0 Å². The molecule has 0 saturated heterocycles. The number of benzene rings is 2. The van der Waals surface area contributed by atoms with Crippen molar-refractivity contribution in [1.82, 2.24) is 19.1 Å². The standard InChI is InChI=1S/C21H20N4O2/c1-14(16-9-5-3-6-10-16)24-19-18(22-13-23-19)20(26)25(21(24)27)15(2)17-11-7-4-8-12-17/h3-15H,1-2H3,(H,22,23). The molecule has 0 spiro atoms. The van der Waals surface area contributed by atoms with Crippen molar-refractivity contribution in [3.05, 3.63) is 99.0 Å². The van der Waals surface area contributed by atoms with E-state index in [1.807, 2.05) is 74.5 Å². The molecule has 0 bridgehead atoms. The Morgan fingerprint density at radius 3 is 1.89 bits per heavy atom. The monoisotopic (exact) mass is 360 g/mol. The van der Waals surface area contributed by atoms with E-state index in [0.717, 1.165) is 11.1 Å². The third kappa shape index (κ3) is 2.79. The van der Waals surface area contributed by atoms with E-state index < -0.39 is 6.04 Å². The van der Waals surface area contributed by atoms with Crippen molar-refractivity contribution in [2.45, 2.75) is 25.9 Å². The first-order chi connectivity index (χ1) is 13.1. The summed E-state index contributed by atoms with van der Waals surface area (Å²) in [5.41, 5.74) is 1.85. The summed E-state index contributed by atoms with van der Waals surface area (Å²) in [7, 11) is 0. The lowest BCUT2D eigenvalue weighted by Crippen LogP contribution is -2.43. The van der Waals surface area contributed by atoms with E-state index in [2.05, 4.69) is 9.97 Å². The Morgan fingerprint density at radius 1 is 0.815 bits per heavy atom. The average molecular weight is 360 g/mol. The quantitative estimate of drug-likeness (QED) is 0.608. The minimum absolute atomic E-state index is 0.265. The molecular formula is C21H20N4O2. The Kier molecular flexibility index (Phi) is 4.24. The van der Waals surface area contributed by atoms with Crippen molar-refractivity contribution < 1.29 is 0 Å². The lowest BCUT2D eigenvalue weighted by Gasteiger charge is -2.21. The second-order valence-corrected chi connectivity index (χ2v) is 6.60. The SMILES string of the molecule is CC(c1ccccc1)n1c(=O)c2[nH]cnc2n(C(C)c2ccccc2)c1=O. The Hall–Kier alpha value is -3.41. The number of hydrogen-bond donors (Lipinski definition) is 1. The molecule has 0 radical (unpaired) electrons. The maximum Gasteiger partial charge on any atom is 0.333 e. The second kappa shape index (κ2) is 6.72. The predicted molar refractivity (Wildman–Crippen MR) is 105 cm³/mol. The van der Waals surface area contributed by atoms with Gasteiger partial charge >= 0.3 is 5.69 Å². The number of H-pyrrole nitrogens is 1. The van der Waals surface area contributed by atoms with Crippen LogP contribution in [0.25, 0.3) is 11.2 Å². The minimum atomic E-state index is -0.395. The molecule has 0 aliphatic rings. The van der Waals surface area contributed by atoms with Crippen LogP contribution in [0.2, 0.25) is 0 Å². The molecule has 0 saturated carbocycles. The first-order valence-electron chi connectivity index (χ1n) is 8.89. The van der Waals surface area contributed by atoms with E-state index in [9.17, 15) is 9.59 Å². The molecular weight excluding hydrogens is 340 g/mol. The lowest BCUT2D eigenvalue weighted by molar-refractivity contribution is 0.516. The van der Waals surface area contributed by atoms with Crippen LogP contribution < -0.4 is 11.2 Å². The van der Waals surface area contributed by atoms with Crippen LogP contribution in [0.3, 0.4) is 0 Å². The zero-order valence-electron chi connectivity index (χ0n) is 15.2. The largest absolute Gasteiger partial charge is 0.339 e.